The zero-order valence-corrected chi connectivity index (χ0v) is 14.1. The normalized spacial score (nSPS) is 13.9. The van der Waals surface area contributed by atoms with Crippen LogP contribution in [0.2, 0.25) is 0 Å². The first-order valence-electron chi connectivity index (χ1n) is 7.58. The molecular formula is C18H21NO2S. The van der Waals surface area contributed by atoms with Crippen molar-refractivity contribution in [3.05, 3.63) is 50.7 Å². The lowest BCUT2D eigenvalue weighted by molar-refractivity contribution is -0.134. The Morgan fingerprint density at radius 1 is 1.27 bits per heavy atom. The molecule has 1 aliphatic heterocycles. The molecule has 1 aliphatic rings. The highest BCUT2D eigenvalue weighted by Gasteiger charge is 2.22. The lowest BCUT2D eigenvalue weighted by Crippen LogP contribution is -2.38. The predicted molar refractivity (Wildman–Crippen MR) is 89.6 cm³/mol. The molecule has 2 aromatic rings. The maximum absolute atomic E-state index is 12.4. The van der Waals surface area contributed by atoms with Gasteiger partial charge in [0.25, 0.3) is 5.91 Å². The quantitative estimate of drug-likeness (QED) is 0.865. The molecule has 0 fully saturated rings. The summed E-state index contributed by atoms with van der Waals surface area (Å²) in [5, 5.41) is 2.11. The summed E-state index contributed by atoms with van der Waals surface area (Å²) in [6.07, 6.45) is 0.960. The number of carbonyl (C=O) groups excluding carboxylic acids is 1. The van der Waals surface area contributed by atoms with Gasteiger partial charge < -0.3 is 9.64 Å². The maximum atomic E-state index is 12.4. The molecule has 0 unspecified atom stereocenters. The largest absolute Gasteiger partial charge is 0.483 e. The molecule has 0 radical (unpaired) electrons. The third-order valence-electron chi connectivity index (χ3n) is 4.11. The van der Waals surface area contributed by atoms with E-state index in [1.54, 1.807) is 11.3 Å². The Bertz CT molecular complexity index is 682. The number of benzene rings is 1. The van der Waals surface area contributed by atoms with Gasteiger partial charge in [-0.2, -0.15) is 0 Å². The van der Waals surface area contributed by atoms with E-state index in [0.29, 0.717) is 6.54 Å². The number of amides is 1. The van der Waals surface area contributed by atoms with Gasteiger partial charge in [-0.05, 0) is 55.3 Å². The molecule has 116 valence electrons. The molecule has 0 atom stereocenters. The van der Waals surface area contributed by atoms with E-state index in [1.807, 2.05) is 18.7 Å². The number of thiophene rings is 1. The molecule has 1 aromatic heterocycles. The number of ether oxygens (including phenoxy) is 1. The van der Waals surface area contributed by atoms with Gasteiger partial charge in [0.2, 0.25) is 0 Å². The lowest BCUT2D eigenvalue weighted by Gasteiger charge is -2.27. The van der Waals surface area contributed by atoms with Crippen LogP contribution < -0.4 is 4.74 Å². The van der Waals surface area contributed by atoms with Gasteiger partial charge in [-0.1, -0.05) is 17.7 Å². The fourth-order valence-electron chi connectivity index (χ4n) is 3.08. The van der Waals surface area contributed by atoms with Crippen molar-refractivity contribution in [3.63, 3.8) is 0 Å². The van der Waals surface area contributed by atoms with Crippen molar-refractivity contribution < 1.29 is 9.53 Å². The van der Waals surface area contributed by atoms with Gasteiger partial charge in [-0.15, -0.1) is 11.3 Å². The number of carbonyl (C=O) groups is 1. The van der Waals surface area contributed by atoms with Crippen molar-refractivity contribution in [2.75, 3.05) is 13.2 Å². The average Bonchev–Trinajstić information content (AvgIpc) is 2.93. The van der Waals surface area contributed by atoms with E-state index in [9.17, 15) is 4.79 Å². The molecule has 1 aromatic carbocycles. The summed E-state index contributed by atoms with van der Waals surface area (Å²) in [6, 6.07) is 6.30. The zero-order chi connectivity index (χ0) is 15.7. The summed E-state index contributed by atoms with van der Waals surface area (Å²) in [5.41, 5.74) is 4.68. The summed E-state index contributed by atoms with van der Waals surface area (Å²) < 4.78 is 5.82. The highest BCUT2D eigenvalue weighted by atomic mass is 32.1. The third-order valence-corrected chi connectivity index (χ3v) is 5.13. The molecule has 0 bridgehead atoms. The minimum Gasteiger partial charge on any atom is -0.483 e. The van der Waals surface area contributed by atoms with Crippen molar-refractivity contribution in [2.45, 2.75) is 33.7 Å². The fourth-order valence-corrected chi connectivity index (χ4v) is 3.97. The van der Waals surface area contributed by atoms with Gasteiger partial charge in [-0.3, -0.25) is 4.79 Å². The van der Waals surface area contributed by atoms with Crippen molar-refractivity contribution in [1.29, 1.82) is 0 Å². The Balaban J connectivity index is 1.64. The van der Waals surface area contributed by atoms with Gasteiger partial charge in [-0.25, -0.2) is 0 Å². The molecule has 0 saturated heterocycles. The molecule has 0 spiro atoms. The van der Waals surface area contributed by atoms with E-state index < -0.39 is 0 Å². The maximum Gasteiger partial charge on any atom is 0.260 e. The molecule has 0 N–H and O–H groups in total. The van der Waals surface area contributed by atoms with Gasteiger partial charge >= 0.3 is 0 Å². The molecule has 3 nitrogen and oxygen atoms in total. The lowest BCUT2D eigenvalue weighted by atomic mass is 10.1. The highest BCUT2D eigenvalue weighted by Crippen LogP contribution is 2.26. The molecule has 1 amide bonds. The molecule has 0 saturated carbocycles. The number of aryl methyl sites for hydroxylation is 3. The van der Waals surface area contributed by atoms with E-state index in [2.05, 4.69) is 30.5 Å². The number of hydrogen-bond donors (Lipinski definition) is 0. The Hall–Kier alpha value is -1.81. The summed E-state index contributed by atoms with van der Waals surface area (Å²) in [6.45, 7) is 7.75. The molecule has 0 aliphatic carbocycles. The number of fused-ring (bicyclic) bond motifs is 1. The van der Waals surface area contributed by atoms with Crippen LogP contribution in [0.25, 0.3) is 0 Å². The second-order valence-corrected chi connectivity index (χ2v) is 6.95. The van der Waals surface area contributed by atoms with E-state index in [4.69, 9.17) is 4.74 Å². The Kier molecular flexibility index (Phi) is 4.21. The van der Waals surface area contributed by atoms with Crippen molar-refractivity contribution in [3.8, 4) is 5.75 Å². The highest BCUT2D eigenvalue weighted by molar-refractivity contribution is 7.10. The summed E-state index contributed by atoms with van der Waals surface area (Å²) in [4.78, 5) is 15.7. The van der Waals surface area contributed by atoms with Crippen LogP contribution in [0.15, 0.2) is 23.6 Å². The van der Waals surface area contributed by atoms with Crippen LogP contribution in [-0.4, -0.2) is 24.0 Å². The second-order valence-electron chi connectivity index (χ2n) is 5.95. The first-order chi connectivity index (χ1) is 10.5. The topological polar surface area (TPSA) is 29.5 Å². The van der Waals surface area contributed by atoms with Crippen LogP contribution >= 0.6 is 11.3 Å². The standard InChI is InChI=1S/C18H21NO2S/c1-12-8-13(2)18(14(3)9-12)21-11-17(20)19-6-4-16-15(10-19)5-7-22-16/h5,7-9H,4,6,10-11H2,1-3H3. The van der Waals surface area contributed by atoms with Crippen LogP contribution in [0.5, 0.6) is 5.75 Å². The summed E-state index contributed by atoms with van der Waals surface area (Å²) in [7, 11) is 0. The van der Waals surface area contributed by atoms with E-state index >= 15 is 0 Å². The molecule has 2 heterocycles. The van der Waals surface area contributed by atoms with Crippen LogP contribution in [0.4, 0.5) is 0 Å². The number of rotatable bonds is 3. The molecule has 3 rings (SSSR count). The fraction of sp³-hybridized carbons (Fsp3) is 0.389. The Morgan fingerprint density at radius 3 is 2.73 bits per heavy atom. The first-order valence-corrected chi connectivity index (χ1v) is 8.46. The first kappa shape index (κ1) is 15.1. The molecular weight excluding hydrogens is 294 g/mol. The third kappa shape index (κ3) is 3.02. The summed E-state index contributed by atoms with van der Waals surface area (Å²) >= 11 is 1.79. The van der Waals surface area contributed by atoms with Crippen molar-refractivity contribution in [2.24, 2.45) is 0 Å². The number of nitrogens with zero attached hydrogens (tertiary/aromatic N) is 1. The van der Waals surface area contributed by atoms with Crippen LogP contribution in [-0.2, 0) is 17.8 Å². The van der Waals surface area contributed by atoms with Crippen LogP contribution in [0.3, 0.4) is 0 Å². The van der Waals surface area contributed by atoms with Crippen LogP contribution in [0, 0.1) is 20.8 Å². The summed E-state index contributed by atoms with van der Waals surface area (Å²) in [5.74, 6) is 0.906. The Labute approximate surface area is 135 Å². The minimum absolute atomic E-state index is 0.0659. The predicted octanol–water partition coefficient (Wildman–Crippen LogP) is 3.64. The van der Waals surface area contributed by atoms with Crippen molar-refractivity contribution >= 4 is 17.2 Å². The van der Waals surface area contributed by atoms with Crippen LogP contribution in [0.1, 0.15) is 27.1 Å². The molecule has 22 heavy (non-hydrogen) atoms. The average molecular weight is 315 g/mol. The molecule has 4 heteroatoms. The van der Waals surface area contributed by atoms with Gasteiger partial charge in [0.15, 0.2) is 6.61 Å². The van der Waals surface area contributed by atoms with Gasteiger partial charge in [0.1, 0.15) is 5.75 Å². The Morgan fingerprint density at radius 2 is 2.00 bits per heavy atom. The van der Waals surface area contributed by atoms with E-state index in [-0.39, 0.29) is 12.5 Å². The van der Waals surface area contributed by atoms with Gasteiger partial charge in [0, 0.05) is 18.0 Å². The second kappa shape index (κ2) is 6.13. The smallest absolute Gasteiger partial charge is 0.260 e. The van der Waals surface area contributed by atoms with E-state index in [0.717, 1.165) is 29.8 Å². The van der Waals surface area contributed by atoms with Crippen molar-refractivity contribution in [1.82, 2.24) is 4.90 Å². The monoisotopic (exact) mass is 315 g/mol. The number of hydrogen-bond acceptors (Lipinski definition) is 3. The van der Waals surface area contributed by atoms with E-state index in [1.165, 1.54) is 16.0 Å². The van der Waals surface area contributed by atoms with Gasteiger partial charge in [0.05, 0.1) is 0 Å². The zero-order valence-electron chi connectivity index (χ0n) is 13.3. The minimum atomic E-state index is 0.0659. The SMILES string of the molecule is Cc1cc(C)c(OCC(=O)N2CCc3sccc3C2)c(C)c1.